The summed E-state index contributed by atoms with van der Waals surface area (Å²) in [5.74, 6) is 0.908. The Kier molecular flexibility index (Phi) is 6.52. The summed E-state index contributed by atoms with van der Waals surface area (Å²) >= 11 is 5.91. The van der Waals surface area contributed by atoms with E-state index in [1.165, 1.54) is 16.8 Å². The Hall–Kier alpha value is -4.42. The fourth-order valence-corrected chi connectivity index (χ4v) is 3.82. The highest BCUT2D eigenvalue weighted by Gasteiger charge is 2.17. The molecule has 0 fully saturated rings. The number of hydrogen-bond donors (Lipinski definition) is 1. The number of carbonyl (C=O) groups is 1. The molecule has 5 rings (SSSR count). The van der Waals surface area contributed by atoms with Crippen molar-refractivity contribution in [3.05, 3.63) is 120 Å². The molecule has 0 unspecified atom stereocenters. The highest BCUT2D eigenvalue weighted by atomic mass is 35.5. The minimum atomic E-state index is -0.447. The van der Waals surface area contributed by atoms with Crippen LogP contribution in [0.2, 0.25) is 5.02 Å². The maximum absolute atomic E-state index is 14.0. The largest absolute Gasteiger partial charge is 0.457 e. The molecule has 0 saturated heterocycles. The fourth-order valence-electron chi connectivity index (χ4n) is 3.70. The number of anilines is 1. The zero-order valence-corrected chi connectivity index (χ0v) is 20.0. The highest BCUT2D eigenvalue weighted by molar-refractivity contribution is 6.30. The molecule has 0 aliphatic carbocycles. The molecule has 0 atom stereocenters. The third-order valence-electron chi connectivity index (χ3n) is 5.54. The summed E-state index contributed by atoms with van der Waals surface area (Å²) in [5, 5.41) is 8.00. The molecule has 0 aliphatic rings. The van der Waals surface area contributed by atoms with Gasteiger partial charge in [-0.25, -0.2) is 9.18 Å². The maximum Gasteiger partial charge on any atom is 0.346 e. The molecule has 1 heterocycles. The zero-order valence-electron chi connectivity index (χ0n) is 19.3. The number of rotatable bonds is 5. The van der Waals surface area contributed by atoms with Gasteiger partial charge >= 0.3 is 6.03 Å². The number of nitrogens with zero attached hydrogens (tertiary/aromatic N) is 2. The van der Waals surface area contributed by atoms with E-state index in [-0.39, 0.29) is 5.82 Å². The Morgan fingerprint density at radius 1 is 0.889 bits per heavy atom. The molecule has 1 N–H and O–H groups in total. The van der Waals surface area contributed by atoms with Gasteiger partial charge in [0.25, 0.3) is 0 Å². The van der Waals surface area contributed by atoms with E-state index in [1.807, 2.05) is 31.2 Å². The van der Waals surface area contributed by atoms with Crippen molar-refractivity contribution in [2.45, 2.75) is 6.92 Å². The van der Waals surface area contributed by atoms with Gasteiger partial charge in [-0.2, -0.15) is 9.78 Å². The predicted octanol–water partition coefficient (Wildman–Crippen LogP) is 8.19. The van der Waals surface area contributed by atoms with Gasteiger partial charge < -0.3 is 10.1 Å². The Bertz CT molecular complexity index is 1510. The second-order valence-corrected chi connectivity index (χ2v) is 8.66. The number of aryl methyl sites for hydroxylation is 1. The van der Waals surface area contributed by atoms with Crippen LogP contribution in [-0.2, 0) is 0 Å². The molecule has 4 aromatic carbocycles. The van der Waals surface area contributed by atoms with Gasteiger partial charge in [0.15, 0.2) is 0 Å². The minimum Gasteiger partial charge on any atom is -0.457 e. The van der Waals surface area contributed by atoms with Gasteiger partial charge in [0.1, 0.15) is 23.0 Å². The molecule has 0 spiro atoms. The molecule has 0 saturated carbocycles. The second-order valence-electron chi connectivity index (χ2n) is 8.22. The minimum absolute atomic E-state index is 0.361. The zero-order chi connectivity index (χ0) is 25.1. The van der Waals surface area contributed by atoms with Gasteiger partial charge in [-0.05, 0) is 73.2 Å². The first-order valence-corrected chi connectivity index (χ1v) is 11.6. The third kappa shape index (κ3) is 5.29. The lowest BCUT2D eigenvalue weighted by molar-refractivity contribution is 0.251. The molecule has 36 heavy (non-hydrogen) atoms. The van der Waals surface area contributed by atoms with Crippen LogP contribution in [0.1, 0.15) is 5.56 Å². The maximum atomic E-state index is 14.0. The van der Waals surface area contributed by atoms with Crippen molar-refractivity contribution in [2.24, 2.45) is 0 Å². The SMILES string of the molecule is Cc1ccc(-c2nn(C(=O)Nc3ccc(Oc4ccc(Cl)cc4)cc3)cc2-c2cccc(F)c2)cc1. The van der Waals surface area contributed by atoms with E-state index in [9.17, 15) is 9.18 Å². The lowest BCUT2D eigenvalue weighted by Gasteiger charge is -2.08. The molecule has 0 aliphatic heterocycles. The average molecular weight is 498 g/mol. The normalized spacial score (nSPS) is 10.8. The van der Waals surface area contributed by atoms with Crippen molar-refractivity contribution in [3.63, 3.8) is 0 Å². The van der Waals surface area contributed by atoms with Gasteiger partial charge in [0.05, 0.1) is 0 Å². The summed E-state index contributed by atoms with van der Waals surface area (Å²) in [6, 6.07) is 27.6. The predicted molar refractivity (Wildman–Crippen MR) is 140 cm³/mol. The van der Waals surface area contributed by atoms with E-state index >= 15 is 0 Å². The summed E-state index contributed by atoms with van der Waals surface area (Å²) < 4.78 is 21.0. The fraction of sp³-hybridized carbons (Fsp3) is 0.0345. The Morgan fingerprint density at radius 3 is 2.22 bits per heavy atom. The number of carbonyl (C=O) groups excluding carboxylic acids is 1. The Labute approximate surface area is 212 Å². The van der Waals surface area contributed by atoms with Crippen LogP contribution in [0.5, 0.6) is 11.5 Å². The summed E-state index contributed by atoms with van der Waals surface area (Å²) in [6.45, 7) is 2.00. The molecule has 178 valence electrons. The van der Waals surface area contributed by atoms with Crippen LogP contribution in [0, 0.1) is 12.7 Å². The van der Waals surface area contributed by atoms with Crippen LogP contribution >= 0.6 is 11.6 Å². The van der Waals surface area contributed by atoms with E-state index in [2.05, 4.69) is 10.4 Å². The number of aromatic nitrogens is 2. The van der Waals surface area contributed by atoms with Crippen molar-refractivity contribution in [3.8, 4) is 33.9 Å². The number of amides is 1. The first-order valence-electron chi connectivity index (χ1n) is 11.2. The van der Waals surface area contributed by atoms with E-state index in [0.717, 1.165) is 11.1 Å². The summed E-state index contributed by atoms with van der Waals surface area (Å²) in [7, 11) is 0. The van der Waals surface area contributed by atoms with Crippen LogP contribution in [0.3, 0.4) is 0 Å². The number of hydrogen-bond acceptors (Lipinski definition) is 3. The molecular formula is C29H21ClFN3O2. The number of benzene rings is 4. The first-order chi connectivity index (χ1) is 17.4. The van der Waals surface area contributed by atoms with Crippen LogP contribution in [0.25, 0.3) is 22.4 Å². The standard InChI is InChI=1S/C29H21ClFN3O2/c1-19-5-7-20(8-6-19)28-27(21-3-2-4-23(31)17-21)18-34(33-28)29(35)32-24-11-15-26(16-12-24)36-25-13-9-22(30)10-14-25/h2-18H,1H3,(H,32,35). The van der Waals surface area contributed by atoms with Gasteiger partial charge in [-0.15, -0.1) is 0 Å². The van der Waals surface area contributed by atoms with Crippen molar-refractivity contribution >= 4 is 23.3 Å². The monoisotopic (exact) mass is 497 g/mol. The van der Waals surface area contributed by atoms with Gasteiger partial charge in [0.2, 0.25) is 0 Å². The average Bonchev–Trinajstić information content (AvgIpc) is 3.33. The van der Waals surface area contributed by atoms with Gasteiger partial charge in [-0.1, -0.05) is 53.6 Å². The highest BCUT2D eigenvalue weighted by Crippen LogP contribution is 2.32. The molecule has 7 heteroatoms. The molecule has 0 bridgehead atoms. The summed E-state index contributed by atoms with van der Waals surface area (Å²) in [4.78, 5) is 13.0. The lowest BCUT2D eigenvalue weighted by atomic mass is 10.0. The smallest absolute Gasteiger partial charge is 0.346 e. The van der Waals surface area contributed by atoms with Crippen LogP contribution in [-0.4, -0.2) is 15.8 Å². The van der Waals surface area contributed by atoms with Crippen molar-refractivity contribution in [1.82, 2.24) is 9.78 Å². The van der Waals surface area contributed by atoms with Crippen molar-refractivity contribution in [1.29, 1.82) is 0 Å². The topological polar surface area (TPSA) is 56.2 Å². The van der Waals surface area contributed by atoms with Crippen molar-refractivity contribution < 1.29 is 13.9 Å². The summed E-state index contributed by atoms with van der Waals surface area (Å²) in [5.41, 5.74) is 4.38. The first kappa shape index (κ1) is 23.3. The van der Waals surface area contributed by atoms with E-state index in [1.54, 1.807) is 66.9 Å². The quantitative estimate of drug-likeness (QED) is 0.266. The van der Waals surface area contributed by atoms with Gasteiger partial charge in [-0.3, -0.25) is 0 Å². The van der Waals surface area contributed by atoms with Crippen LogP contribution < -0.4 is 10.1 Å². The van der Waals surface area contributed by atoms with Crippen molar-refractivity contribution in [2.75, 3.05) is 5.32 Å². The molecule has 0 radical (unpaired) electrons. The van der Waals surface area contributed by atoms with Gasteiger partial charge in [0, 0.05) is 28.0 Å². The molecule has 5 nitrogen and oxygen atoms in total. The Balaban J connectivity index is 1.39. The number of ether oxygens (including phenoxy) is 1. The number of nitrogens with one attached hydrogen (secondary N) is 1. The molecule has 1 amide bonds. The Morgan fingerprint density at radius 2 is 1.56 bits per heavy atom. The second kappa shape index (κ2) is 10.1. The van der Waals surface area contributed by atoms with E-state index in [4.69, 9.17) is 16.3 Å². The molecular weight excluding hydrogens is 477 g/mol. The molecule has 5 aromatic rings. The number of halogens is 2. The lowest BCUT2D eigenvalue weighted by Crippen LogP contribution is -2.19. The van der Waals surface area contributed by atoms with Crippen LogP contribution in [0.15, 0.2) is 103 Å². The van der Waals surface area contributed by atoms with Crippen LogP contribution in [0.4, 0.5) is 14.9 Å². The third-order valence-corrected chi connectivity index (χ3v) is 5.79. The molecule has 1 aromatic heterocycles. The van der Waals surface area contributed by atoms with E-state index in [0.29, 0.717) is 39.0 Å². The van der Waals surface area contributed by atoms with E-state index < -0.39 is 6.03 Å². The summed E-state index contributed by atoms with van der Waals surface area (Å²) in [6.07, 6.45) is 1.61.